The zero-order chi connectivity index (χ0) is 21.1. The number of likely N-dealkylation sites (tertiary alicyclic amines) is 1. The second kappa shape index (κ2) is 8.57. The maximum absolute atomic E-state index is 12.5. The summed E-state index contributed by atoms with van der Waals surface area (Å²) in [5, 5.41) is 6.98. The predicted octanol–water partition coefficient (Wildman–Crippen LogP) is 4.85. The number of hydrogen-bond acceptors (Lipinski definition) is 5. The van der Waals surface area contributed by atoms with Gasteiger partial charge in [0.25, 0.3) is 0 Å². The van der Waals surface area contributed by atoms with E-state index in [-0.39, 0.29) is 18.1 Å². The Bertz CT molecular complexity index is 1010. The molecule has 1 aliphatic heterocycles. The molecule has 0 saturated carbocycles. The van der Waals surface area contributed by atoms with E-state index < -0.39 is 0 Å². The van der Waals surface area contributed by atoms with Gasteiger partial charge < -0.3 is 19.5 Å². The summed E-state index contributed by atoms with van der Waals surface area (Å²) in [5.74, 6) is 2.16. The van der Waals surface area contributed by atoms with E-state index in [1.165, 1.54) is 0 Å². The second-order valence-corrected chi connectivity index (χ2v) is 7.91. The fourth-order valence-electron chi connectivity index (χ4n) is 3.40. The van der Waals surface area contributed by atoms with Crippen LogP contribution in [0.1, 0.15) is 37.6 Å². The lowest BCUT2D eigenvalue weighted by atomic mass is 10.2. The molecule has 3 aromatic rings. The van der Waals surface area contributed by atoms with Crippen LogP contribution in [0.25, 0.3) is 11.4 Å². The lowest BCUT2D eigenvalue weighted by Crippen LogP contribution is -2.34. The summed E-state index contributed by atoms with van der Waals surface area (Å²) in [6.45, 7) is 7.26. The SMILES string of the molecule is Cc1cccc(NC(=O)N2CCC(Oc3ccc(-c4noc(C(C)C)n4)cc3)C2)c1. The highest BCUT2D eigenvalue weighted by Gasteiger charge is 2.27. The van der Waals surface area contributed by atoms with Crippen molar-refractivity contribution in [3.05, 3.63) is 60.0 Å². The molecule has 1 saturated heterocycles. The fraction of sp³-hybridized carbons (Fsp3) is 0.348. The molecular weight excluding hydrogens is 380 g/mol. The van der Waals surface area contributed by atoms with Gasteiger partial charge in [0.05, 0.1) is 6.54 Å². The number of aromatic nitrogens is 2. The number of rotatable bonds is 5. The normalized spacial score (nSPS) is 16.1. The number of urea groups is 1. The Morgan fingerprint density at radius 1 is 1.23 bits per heavy atom. The van der Waals surface area contributed by atoms with Crippen LogP contribution >= 0.6 is 0 Å². The lowest BCUT2D eigenvalue weighted by molar-refractivity contribution is 0.195. The van der Waals surface area contributed by atoms with Crippen molar-refractivity contribution in [3.63, 3.8) is 0 Å². The minimum Gasteiger partial charge on any atom is -0.489 e. The van der Waals surface area contributed by atoms with Crippen molar-refractivity contribution in [3.8, 4) is 17.1 Å². The Morgan fingerprint density at radius 3 is 2.73 bits per heavy atom. The third kappa shape index (κ3) is 4.62. The summed E-state index contributed by atoms with van der Waals surface area (Å²) in [6, 6.07) is 15.3. The van der Waals surface area contributed by atoms with Gasteiger partial charge in [0.2, 0.25) is 11.7 Å². The first-order valence-electron chi connectivity index (χ1n) is 10.2. The van der Waals surface area contributed by atoms with Crippen LogP contribution in [-0.2, 0) is 0 Å². The highest BCUT2D eigenvalue weighted by Crippen LogP contribution is 2.24. The van der Waals surface area contributed by atoms with Crippen molar-refractivity contribution in [1.82, 2.24) is 15.0 Å². The molecule has 1 aliphatic rings. The van der Waals surface area contributed by atoms with Crippen LogP contribution in [0.4, 0.5) is 10.5 Å². The molecule has 4 rings (SSSR count). The third-order valence-corrected chi connectivity index (χ3v) is 5.05. The van der Waals surface area contributed by atoms with E-state index in [1.807, 2.05) is 69.3 Å². The standard InChI is InChI=1S/C23H26N4O3/c1-15(2)22-25-21(26-30-22)17-7-9-19(10-8-17)29-20-11-12-27(14-20)23(28)24-18-6-4-5-16(3)13-18/h4-10,13,15,20H,11-12,14H2,1-3H3,(H,24,28). The number of aryl methyl sites for hydroxylation is 1. The maximum atomic E-state index is 12.5. The first-order valence-corrected chi connectivity index (χ1v) is 10.2. The Morgan fingerprint density at radius 2 is 2.03 bits per heavy atom. The van der Waals surface area contributed by atoms with Crippen molar-refractivity contribution in [2.75, 3.05) is 18.4 Å². The van der Waals surface area contributed by atoms with Gasteiger partial charge in [0.1, 0.15) is 11.9 Å². The number of carbonyl (C=O) groups excluding carboxylic acids is 1. The van der Waals surface area contributed by atoms with E-state index in [1.54, 1.807) is 4.90 Å². The molecule has 30 heavy (non-hydrogen) atoms. The predicted molar refractivity (Wildman–Crippen MR) is 115 cm³/mol. The zero-order valence-corrected chi connectivity index (χ0v) is 17.5. The molecule has 2 aromatic carbocycles. The average molecular weight is 406 g/mol. The number of nitrogens with zero attached hydrogens (tertiary/aromatic N) is 3. The molecular formula is C23H26N4O3. The summed E-state index contributed by atoms with van der Waals surface area (Å²) in [6.07, 6.45) is 0.766. The highest BCUT2D eigenvalue weighted by atomic mass is 16.5. The molecule has 0 radical (unpaired) electrons. The topological polar surface area (TPSA) is 80.5 Å². The van der Waals surface area contributed by atoms with Gasteiger partial charge in [-0.3, -0.25) is 0 Å². The summed E-state index contributed by atoms with van der Waals surface area (Å²) < 4.78 is 11.3. The average Bonchev–Trinajstić information content (AvgIpc) is 3.39. The molecule has 1 fully saturated rings. The van der Waals surface area contributed by atoms with Gasteiger partial charge in [-0.25, -0.2) is 4.79 Å². The van der Waals surface area contributed by atoms with Gasteiger partial charge in [0.15, 0.2) is 0 Å². The van der Waals surface area contributed by atoms with Crippen LogP contribution < -0.4 is 10.1 Å². The van der Waals surface area contributed by atoms with Crippen molar-refractivity contribution in [2.45, 2.75) is 39.2 Å². The van der Waals surface area contributed by atoms with Gasteiger partial charge in [-0.05, 0) is 48.9 Å². The van der Waals surface area contributed by atoms with E-state index in [0.29, 0.717) is 24.8 Å². The molecule has 156 valence electrons. The monoisotopic (exact) mass is 406 g/mol. The zero-order valence-electron chi connectivity index (χ0n) is 17.5. The molecule has 0 bridgehead atoms. The van der Waals surface area contributed by atoms with E-state index in [2.05, 4.69) is 15.5 Å². The number of nitrogens with one attached hydrogen (secondary N) is 1. The van der Waals surface area contributed by atoms with Crippen LogP contribution in [-0.4, -0.2) is 40.3 Å². The summed E-state index contributed by atoms with van der Waals surface area (Å²) >= 11 is 0. The van der Waals surface area contributed by atoms with E-state index >= 15 is 0 Å². The van der Waals surface area contributed by atoms with Gasteiger partial charge in [-0.1, -0.05) is 31.1 Å². The second-order valence-electron chi connectivity index (χ2n) is 7.91. The van der Waals surface area contributed by atoms with Crippen LogP contribution in [0.2, 0.25) is 0 Å². The van der Waals surface area contributed by atoms with Crippen LogP contribution in [0.15, 0.2) is 53.1 Å². The fourth-order valence-corrected chi connectivity index (χ4v) is 3.40. The van der Waals surface area contributed by atoms with Crippen molar-refractivity contribution in [1.29, 1.82) is 0 Å². The summed E-state index contributed by atoms with van der Waals surface area (Å²) in [7, 11) is 0. The van der Waals surface area contributed by atoms with Gasteiger partial charge in [-0.15, -0.1) is 0 Å². The molecule has 0 aliphatic carbocycles. The van der Waals surface area contributed by atoms with Gasteiger partial charge in [0, 0.05) is 30.1 Å². The van der Waals surface area contributed by atoms with Crippen molar-refractivity contribution >= 4 is 11.7 Å². The Kier molecular flexibility index (Phi) is 5.70. The Balaban J connectivity index is 1.32. The van der Waals surface area contributed by atoms with E-state index in [4.69, 9.17) is 9.26 Å². The number of ether oxygens (including phenoxy) is 1. The quantitative estimate of drug-likeness (QED) is 0.655. The molecule has 1 unspecified atom stereocenters. The number of carbonyl (C=O) groups is 1. The van der Waals surface area contributed by atoms with Crippen molar-refractivity contribution < 1.29 is 14.1 Å². The highest BCUT2D eigenvalue weighted by molar-refractivity contribution is 5.89. The first kappa shape index (κ1) is 19.9. The maximum Gasteiger partial charge on any atom is 0.321 e. The molecule has 0 spiro atoms. The van der Waals surface area contributed by atoms with E-state index in [9.17, 15) is 4.79 Å². The molecule has 1 N–H and O–H groups in total. The van der Waals surface area contributed by atoms with Crippen LogP contribution in [0, 0.1) is 6.92 Å². The molecule has 2 amide bonds. The minimum absolute atomic E-state index is 0.0307. The Labute approximate surface area is 176 Å². The van der Waals surface area contributed by atoms with E-state index in [0.717, 1.165) is 29.0 Å². The van der Waals surface area contributed by atoms with Gasteiger partial charge in [-0.2, -0.15) is 4.98 Å². The summed E-state index contributed by atoms with van der Waals surface area (Å²) in [4.78, 5) is 18.7. The lowest BCUT2D eigenvalue weighted by Gasteiger charge is -2.18. The Hall–Kier alpha value is -3.35. The molecule has 1 atom stereocenters. The van der Waals surface area contributed by atoms with Crippen molar-refractivity contribution in [2.24, 2.45) is 0 Å². The number of hydrogen-bond donors (Lipinski definition) is 1. The first-order chi connectivity index (χ1) is 14.5. The summed E-state index contributed by atoms with van der Waals surface area (Å²) in [5.41, 5.74) is 2.80. The molecule has 1 aromatic heterocycles. The molecule has 7 nitrogen and oxygen atoms in total. The number of amides is 2. The largest absolute Gasteiger partial charge is 0.489 e. The van der Waals surface area contributed by atoms with Crippen LogP contribution in [0.3, 0.4) is 0 Å². The van der Waals surface area contributed by atoms with Gasteiger partial charge >= 0.3 is 6.03 Å². The number of benzene rings is 2. The molecule has 7 heteroatoms. The number of anilines is 1. The smallest absolute Gasteiger partial charge is 0.321 e. The third-order valence-electron chi connectivity index (χ3n) is 5.05. The van der Waals surface area contributed by atoms with Crippen LogP contribution in [0.5, 0.6) is 5.75 Å². The minimum atomic E-state index is -0.0971. The molecule has 2 heterocycles.